The Bertz CT molecular complexity index is 604. The summed E-state index contributed by atoms with van der Waals surface area (Å²) < 4.78 is 41.3. The van der Waals surface area contributed by atoms with Crippen molar-refractivity contribution in [1.82, 2.24) is 15.5 Å². The number of guanidine groups is 1. The van der Waals surface area contributed by atoms with Gasteiger partial charge in [-0.05, 0) is 56.5 Å². The zero-order valence-corrected chi connectivity index (χ0v) is 16.7. The van der Waals surface area contributed by atoms with Gasteiger partial charge < -0.3 is 20.3 Å². The van der Waals surface area contributed by atoms with Crippen LogP contribution in [0.1, 0.15) is 32.3 Å². The number of rotatable bonds is 9. The lowest BCUT2D eigenvalue weighted by atomic mass is 10.1. The molecule has 1 heterocycles. The Labute approximate surface area is 165 Å². The average molecular weight is 400 g/mol. The van der Waals surface area contributed by atoms with E-state index in [-0.39, 0.29) is 5.75 Å². The number of nitrogens with one attached hydrogen (secondary N) is 2. The van der Waals surface area contributed by atoms with Gasteiger partial charge in [0.25, 0.3) is 0 Å². The predicted molar refractivity (Wildman–Crippen MR) is 106 cm³/mol. The van der Waals surface area contributed by atoms with Gasteiger partial charge in [0.05, 0.1) is 6.54 Å². The van der Waals surface area contributed by atoms with Crippen LogP contribution in [0, 0.1) is 5.92 Å². The van der Waals surface area contributed by atoms with Crippen LogP contribution in [0.2, 0.25) is 0 Å². The van der Waals surface area contributed by atoms with Crippen LogP contribution in [0.15, 0.2) is 29.3 Å². The Morgan fingerprint density at radius 1 is 1.21 bits per heavy atom. The van der Waals surface area contributed by atoms with E-state index in [1.165, 1.54) is 25.0 Å². The number of ether oxygens (including phenoxy) is 1. The molecule has 8 heteroatoms. The van der Waals surface area contributed by atoms with Gasteiger partial charge in [-0.2, -0.15) is 13.2 Å². The molecule has 1 fully saturated rings. The van der Waals surface area contributed by atoms with Crippen LogP contribution in [0.25, 0.3) is 0 Å². The number of alkyl halides is 3. The molecular formula is C20H31F3N4O. The van der Waals surface area contributed by atoms with Gasteiger partial charge >= 0.3 is 6.18 Å². The van der Waals surface area contributed by atoms with Gasteiger partial charge in [0.2, 0.25) is 0 Å². The minimum Gasteiger partial charge on any atom is -0.484 e. The van der Waals surface area contributed by atoms with Crippen molar-refractivity contribution in [2.24, 2.45) is 10.9 Å². The van der Waals surface area contributed by atoms with E-state index in [1.54, 1.807) is 12.1 Å². The predicted octanol–water partition coefficient (Wildman–Crippen LogP) is 3.41. The highest BCUT2D eigenvalue weighted by Crippen LogP contribution is 2.19. The Hall–Kier alpha value is -1.96. The minimum atomic E-state index is -4.33. The molecule has 0 radical (unpaired) electrons. The standard InChI is InChI=1S/C20H31F3N4O/c1-3-10-27-11-9-17(14-27)13-26-19(24-4-2)25-12-16-5-7-18(8-6-16)28-15-20(21,22)23/h5-8,17H,3-4,9-15H2,1-2H3,(H2,24,25,26). The van der Waals surface area contributed by atoms with Gasteiger partial charge in [-0.3, -0.25) is 0 Å². The second-order valence-corrected chi connectivity index (χ2v) is 7.08. The first-order valence-electron chi connectivity index (χ1n) is 9.92. The lowest BCUT2D eigenvalue weighted by Gasteiger charge is -2.17. The third-order valence-corrected chi connectivity index (χ3v) is 4.56. The van der Waals surface area contributed by atoms with E-state index in [1.807, 2.05) is 6.92 Å². The molecule has 0 saturated carbocycles. The molecule has 1 aromatic rings. The summed E-state index contributed by atoms with van der Waals surface area (Å²) >= 11 is 0. The summed E-state index contributed by atoms with van der Waals surface area (Å²) in [4.78, 5) is 7.07. The lowest BCUT2D eigenvalue weighted by Crippen LogP contribution is -2.40. The topological polar surface area (TPSA) is 48.9 Å². The van der Waals surface area contributed by atoms with Crippen LogP contribution in [0.5, 0.6) is 5.75 Å². The molecule has 1 aliphatic rings. The SMILES string of the molecule is CCCN1CCC(CNC(=NCc2ccc(OCC(F)(F)F)cc2)NCC)C1. The maximum absolute atomic E-state index is 12.2. The van der Waals surface area contributed by atoms with Crippen LogP contribution in [0.4, 0.5) is 13.2 Å². The van der Waals surface area contributed by atoms with Crippen LogP contribution in [-0.4, -0.2) is 56.4 Å². The summed E-state index contributed by atoms with van der Waals surface area (Å²) in [5.41, 5.74) is 0.909. The van der Waals surface area contributed by atoms with E-state index in [0.717, 1.165) is 44.2 Å². The maximum atomic E-state index is 12.2. The fourth-order valence-electron chi connectivity index (χ4n) is 3.21. The summed E-state index contributed by atoms with van der Waals surface area (Å²) in [6.45, 7) is 8.49. The van der Waals surface area contributed by atoms with Crippen molar-refractivity contribution in [3.8, 4) is 5.75 Å². The van der Waals surface area contributed by atoms with Crippen molar-refractivity contribution >= 4 is 5.96 Å². The Kier molecular flexibility index (Phi) is 8.89. The Balaban J connectivity index is 1.81. The quantitative estimate of drug-likeness (QED) is 0.493. The molecule has 1 saturated heterocycles. The molecule has 28 heavy (non-hydrogen) atoms. The molecule has 1 atom stereocenters. The van der Waals surface area contributed by atoms with Crippen LogP contribution < -0.4 is 15.4 Å². The molecule has 0 spiro atoms. The first-order valence-corrected chi connectivity index (χ1v) is 9.92. The summed E-state index contributed by atoms with van der Waals surface area (Å²) in [5.74, 6) is 1.59. The number of hydrogen-bond donors (Lipinski definition) is 2. The van der Waals surface area contributed by atoms with Crippen molar-refractivity contribution in [1.29, 1.82) is 0 Å². The van der Waals surface area contributed by atoms with Crippen LogP contribution in [-0.2, 0) is 6.54 Å². The zero-order valence-electron chi connectivity index (χ0n) is 16.7. The molecule has 5 nitrogen and oxygen atoms in total. The molecule has 158 valence electrons. The van der Waals surface area contributed by atoms with E-state index in [4.69, 9.17) is 4.74 Å². The highest BCUT2D eigenvalue weighted by molar-refractivity contribution is 5.79. The monoisotopic (exact) mass is 400 g/mol. The molecule has 2 N–H and O–H groups in total. The smallest absolute Gasteiger partial charge is 0.422 e. The molecule has 0 aromatic heterocycles. The largest absolute Gasteiger partial charge is 0.484 e. The normalized spacial score (nSPS) is 18.3. The lowest BCUT2D eigenvalue weighted by molar-refractivity contribution is -0.153. The number of benzene rings is 1. The molecule has 1 aromatic carbocycles. The second-order valence-electron chi connectivity index (χ2n) is 7.08. The molecule has 2 rings (SSSR count). The van der Waals surface area contributed by atoms with Gasteiger partial charge in [0.1, 0.15) is 5.75 Å². The van der Waals surface area contributed by atoms with E-state index < -0.39 is 12.8 Å². The summed E-state index contributed by atoms with van der Waals surface area (Å²) in [7, 11) is 0. The highest BCUT2D eigenvalue weighted by Gasteiger charge is 2.28. The fourth-order valence-corrected chi connectivity index (χ4v) is 3.21. The second kappa shape index (κ2) is 11.1. The maximum Gasteiger partial charge on any atom is 0.422 e. The molecular weight excluding hydrogens is 369 g/mol. The van der Waals surface area contributed by atoms with Gasteiger partial charge in [0, 0.05) is 19.6 Å². The van der Waals surface area contributed by atoms with Crippen LogP contribution in [0.3, 0.4) is 0 Å². The number of likely N-dealkylation sites (tertiary alicyclic amines) is 1. The van der Waals surface area contributed by atoms with Gasteiger partial charge in [0.15, 0.2) is 12.6 Å². The fraction of sp³-hybridized carbons (Fsp3) is 0.650. The third-order valence-electron chi connectivity index (χ3n) is 4.56. The zero-order chi connectivity index (χ0) is 20.4. The number of aliphatic imine (C=N–C) groups is 1. The van der Waals surface area contributed by atoms with Crippen molar-refractivity contribution in [2.75, 3.05) is 39.3 Å². The van der Waals surface area contributed by atoms with E-state index in [2.05, 4.69) is 27.4 Å². The van der Waals surface area contributed by atoms with Crippen molar-refractivity contribution in [2.45, 2.75) is 39.4 Å². The van der Waals surface area contributed by atoms with Gasteiger partial charge in [-0.25, -0.2) is 4.99 Å². The number of halogens is 3. The minimum absolute atomic E-state index is 0.202. The van der Waals surface area contributed by atoms with Gasteiger partial charge in [-0.15, -0.1) is 0 Å². The molecule has 1 unspecified atom stereocenters. The summed E-state index contributed by atoms with van der Waals surface area (Å²) in [6.07, 6.45) is -1.95. The van der Waals surface area contributed by atoms with Gasteiger partial charge in [-0.1, -0.05) is 19.1 Å². The number of nitrogens with zero attached hydrogens (tertiary/aromatic N) is 2. The first-order chi connectivity index (χ1) is 13.4. The number of hydrogen-bond acceptors (Lipinski definition) is 3. The first kappa shape index (κ1) is 22.3. The van der Waals surface area contributed by atoms with E-state index in [9.17, 15) is 13.2 Å². The van der Waals surface area contributed by atoms with Crippen molar-refractivity contribution < 1.29 is 17.9 Å². The summed E-state index contributed by atoms with van der Waals surface area (Å²) in [5, 5.41) is 6.64. The molecule has 0 aliphatic carbocycles. The summed E-state index contributed by atoms with van der Waals surface area (Å²) in [6, 6.07) is 6.55. The Morgan fingerprint density at radius 3 is 2.61 bits per heavy atom. The average Bonchev–Trinajstić information content (AvgIpc) is 3.10. The van der Waals surface area contributed by atoms with E-state index >= 15 is 0 Å². The Morgan fingerprint density at radius 2 is 1.96 bits per heavy atom. The molecule has 1 aliphatic heterocycles. The molecule has 0 amide bonds. The van der Waals surface area contributed by atoms with Crippen molar-refractivity contribution in [3.63, 3.8) is 0 Å². The van der Waals surface area contributed by atoms with Crippen LogP contribution >= 0.6 is 0 Å². The van der Waals surface area contributed by atoms with E-state index in [0.29, 0.717) is 12.5 Å². The third kappa shape index (κ3) is 8.37. The highest BCUT2D eigenvalue weighted by atomic mass is 19.4. The molecule has 0 bridgehead atoms. The van der Waals surface area contributed by atoms with Crippen molar-refractivity contribution in [3.05, 3.63) is 29.8 Å².